The molecule has 1 aliphatic carbocycles. The molecule has 0 bridgehead atoms. The van der Waals surface area contributed by atoms with Gasteiger partial charge < -0.3 is 10.1 Å². The van der Waals surface area contributed by atoms with Gasteiger partial charge in [0.2, 0.25) is 0 Å². The molecule has 0 saturated heterocycles. The molecule has 0 atom stereocenters. The summed E-state index contributed by atoms with van der Waals surface area (Å²) in [7, 11) is 0. The van der Waals surface area contributed by atoms with Crippen LogP contribution in [0, 0.1) is 0 Å². The molecule has 0 amide bonds. The number of H-pyrrole nitrogens is 1. The zero-order valence-corrected chi connectivity index (χ0v) is 9.56. The molecule has 0 spiro atoms. The van der Waals surface area contributed by atoms with Crippen LogP contribution in [0.4, 0.5) is 0 Å². The molecule has 3 rings (SSSR count). The van der Waals surface area contributed by atoms with Crippen molar-refractivity contribution in [1.82, 2.24) is 9.97 Å². The minimum atomic E-state index is -0.215. The quantitative estimate of drug-likeness (QED) is 0.785. The van der Waals surface area contributed by atoms with E-state index in [4.69, 9.17) is 5.11 Å². The molecule has 2 aromatic rings. The molecule has 0 aliphatic heterocycles. The van der Waals surface area contributed by atoms with E-state index in [1.54, 1.807) is 11.3 Å². The molecule has 0 unspecified atom stereocenters. The molecule has 84 valence electrons. The second-order valence-electron chi connectivity index (χ2n) is 4.06. The number of aromatic amines is 1. The van der Waals surface area contributed by atoms with E-state index in [1.165, 1.54) is 16.9 Å². The van der Waals surface area contributed by atoms with Crippen LogP contribution >= 0.6 is 11.3 Å². The summed E-state index contributed by atoms with van der Waals surface area (Å²) < 4.78 is 0. The van der Waals surface area contributed by atoms with Crippen molar-refractivity contribution in [2.75, 3.05) is 0 Å². The molecule has 1 aliphatic rings. The van der Waals surface area contributed by atoms with E-state index < -0.39 is 0 Å². The summed E-state index contributed by atoms with van der Waals surface area (Å²) in [4.78, 5) is 20.9. The van der Waals surface area contributed by atoms with E-state index >= 15 is 0 Å². The molecule has 2 aromatic heterocycles. The number of hydrogen-bond donors (Lipinski definition) is 2. The van der Waals surface area contributed by atoms with E-state index in [9.17, 15) is 4.79 Å². The highest BCUT2D eigenvalue weighted by Gasteiger charge is 2.19. The van der Waals surface area contributed by atoms with Gasteiger partial charge in [-0.15, -0.1) is 11.3 Å². The number of nitrogens with zero attached hydrogens (tertiary/aromatic N) is 1. The maximum atomic E-state index is 11.9. The van der Waals surface area contributed by atoms with E-state index in [1.807, 2.05) is 0 Å². The normalized spacial score (nSPS) is 15.3. The molecule has 0 saturated carbocycles. The molecule has 0 radical (unpaired) electrons. The van der Waals surface area contributed by atoms with Gasteiger partial charge in [-0.2, -0.15) is 0 Å². The number of aliphatic hydroxyl groups is 1. The van der Waals surface area contributed by atoms with Gasteiger partial charge in [-0.05, 0) is 31.2 Å². The Bertz CT molecular complexity index is 600. The summed E-state index contributed by atoms with van der Waals surface area (Å²) in [6.07, 6.45) is 4.40. The highest BCUT2D eigenvalue weighted by Crippen LogP contribution is 2.33. The summed E-state index contributed by atoms with van der Waals surface area (Å²) in [6.45, 7) is -0.215. The Morgan fingerprint density at radius 3 is 3.00 bits per heavy atom. The Kier molecular flexibility index (Phi) is 2.29. The van der Waals surface area contributed by atoms with Gasteiger partial charge in [0.25, 0.3) is 5.56 Å². The SMILES string of the molecule is O=c1[nH]c(CO)nc2sc3c(c12)CCCC3. The fourth-order valence-corrected chi connectivity index (χ4v) is 3.56. The molecule has 2 heterocycles. The van der Waals surface area contributed by atoms with Crippen molar-refractivity contribution >= 4 is 21.6 Å². The van der Waals surface area contributed by atoms with Gasteiger partial charge in [0.1, 0.15) is 17.3 Å². The summed E-state index contributed by atoms with van der Waals surface area (Å²) in [6, 6.07) is 0. The van der Waals surface area contributed by atoms with Crippen molar-refractivity contribution in [3.8, 4) is 0 Å². The Morgan fingerprint density at radius 2 is 2.19 bits per heavy atom. The summed E-state index contributed by atoms with van der Waals surface area (Å²) in [5.41, 5.74) is 1.08. The molecule has 2 N–H and O–H groups in total. The smallest absolute Gasteiger partial charge is 0.260 e. The van der Waals surface area contributed by atoms with Crippen molar-refractivity contribution in [2.24, 2.45) is 0 Å². The lowest BCUT2D eigenvalue weighted by atomic mass is 9.97. The van der Waals surface area contributed by atoms with E-state index in [-0.39, 0.29) is 12.2 Å². The fraction of sp³-hybridized carbons (Fsp3) is 0.455. The van der Waals surface area contributed by atoms with Crippen molar-refractivity contribution in [1.29, 1.82) is 0 Å². The molecular formula is C11H12N2O2S. The van der Waals surface area contributed by atoms with Crippen LogP contribution in [-0.2, 0) is 19.4 Å². The van der Waals surface area contributed by atoms with Gasteiger partial charge in [-0.3, -0.25) is 4.79 Å². The third-order valence-corrected chi connectivity index (χ3v) is 4.21. The average Bonchev–Trinajstić information content (AvgIpc) is 2.67. The van der Waals surface area contributed by atoms with E-state index in [0.717, 1.165) is 29.5 Å². The van der Waals surface area contributed by atoms with Gasteiger partial charge >= 0.3 is 0 Å². The predicted octanol–water partition coefficient (Wildman–Crippen LogP) is 1.36. The zero-order valence-electron chi connectivity index (χ0n) is 8.75. The van der Waals surface area contributed by atoms with Gasteiger partial charge in [-0.1, -0.05) is 0 Å². The van der Waals surface area contributed by atoms with Gasteiger partial charge in [0.05, 0.1) is 5.39 Å². The lowest BCUT2D eigenvalue weighted by Gasteiger charge is -2.09. The third kappa shape index (κ3) is 1.39. The van der Waals surface area contributed by atoms with Crippen LogP contribution in [0.15, 0.2) is 4.79 Å². The van der Waals surface area contributed by atoms with Gasteiger partial charge in [0.15, 0.2) is 0 Å². The number of nitrogens with one attached hydrogen (secondary N) is 1. The van der Waals surface area contributed by atoms with Crippen molar-refractivity contribution in [2.45, 2.75) is 32.3 Å². The first-order chi connectivity index (χ1) is 7.79. The topological polar surface area (TPSA) is 66.0 Å². The minimum Gasteiger partial charge on any atom is -0.388 e. The van der Waals surface area contributed by atoms with Crippen molar-refractivity contribution < 1.29 is 5.11 Å². The maximum Gasteiger partial charge on any atom is 0.260 e. The average molecular weight is 236 g/mol. The van der Waals surface area contributed by atoms with Crippen LogP contribution in [-0.4, -0.2) is 15.1 Å². The number of aromatic nitrogens is 2. The van der Waals surface area contributed by atoms with Crippen molar-refractivity contribution in [3.63, 3.8) is 0 Å². The standard InChI is InChI=1S/C11H12N2O2S/c14-5-8-12-10(15)9-6-3-1-2-4-7(6)16-11(9)13-8/h14H,1-5H2,(H,12,13,15). The van der Waals surface area contributed by atoms with Crippen LogP contribution < -0.4 is 5.56 Å². The predicted molar refractivity (Wildman–Crippen MR) is 62.8 cm³/mol. The molecular weight excluding hydrogens is 224 g/mol. The Labute approximate surface area is 96.0 Å². The number of thiophene rings is 1. The third-order valence-electron chi connectivity index (χ3n) is 3.02. The lowest BCUT2D eigenvalue weighted by Crippen LogP contribution is -2.12. The monoisotopic (exact) mass is 236 g/mol. The van der Waals surface area contributed by atoms with E-state index in [2.05, 4.69) is 9.97 Å². The van der Waals surface area contributed by atoms with Crippen molar-refractivity contribution in [3.05, 3.63) is 26.6 Å². The first-order valence-electron chi connectivity index (χ1n) is 5.44. The molecule has 0 aromatic carbocycles. The number of hydrogen-bond acceptors (Lipinski definition) is 4. The van der Waals surface area contributed by atoms with Gasteiger partial charge in [0, 0.05) is 4.88 Å². The summed E-state index contributed by atoms with van der Waals surface area (Å²) in [5.74, 6) is 0.357. The van der Waals surface area contributed by atoms with Crippen LogP contribution in [0.1, 0.15) is 29.1 Å². The van der Waals surface area contributed by atoms with Crippen LogP contribution in [0.5, 0.6) is 0 Å². The van der Waals surface area contributed by atoms with Crippen LogP contribution in [0.3, 0.4) is 0 Å². The number of fused-ring (bicyclic) bond motifs is 3. The number of aliphatic hydroxyl groups excluding tert-OH is 1. The summed E-state index contributed by atoms with van der Waals surface area (Å²) in [5, 5.41) is 9.74. The zero-order chi connectivity index (χ0) is 11.1. The van der Waals surface area contributed by atoms with Crippen LogP contribution in [0.25, 0.3) is 10.2 Å². The van der Waals surface area contributed by atoms with E-state index in [0.29, 0.717) is 5.82 Å². The Balaban J connectivity index is 2.34. The highest BCUT2D eigenvalue weighted by atomic mass is 32.1. The molecule has 5 heteroatoms. The second-order valence-corrected chi connectivity index (χ2v) is 5.15. The minimum absolute atomic E-state index is 0.103. The Morgan fingerprint density at radius 1 is 1.38 bits per heavy atom. The molecule has 0 fully saturated rings. The highest BCUT2D eigenvalue weighted by molar-refractivity contribution is 7.18. The Hall–Kier alpha value is -1.20. The summed E-state index contributed by atoms with van der Waals surface area (Å²) >= 11 is 1.60. The maximum absolute atomic E-state index is 11.9. The number of rotatable bonds is 1. The molecule has 16 heavy (non-hydrogen) atoms. The van der Waals surface area contributed by atoms with Crippen LogP contribution in [0.2, 0.25) is 0 Å². The number of aryl methyl sites for hydroxylation is 2. The van der Waals surface area contributed by atoms with Gasteiger partial charge in [-0.25, -0.2) is 4.98 Å². The second kappa shape index (κ2) is 3.68. The first kappa shape index (κ1) is 9.99. The lowest BCUT2D eigenvalue weighted by molar-refractivity contribution is 0.271. The largest absolute Gasteiger partial charge is 0.388 e. The fourth-order valence-electron chi connectivity index (χ4n) is 2.28. The first-order valence-corrected chi connectivity index (χ1v) is 6.25. The molecule has 4 nitrogen and oxygen atoms in total.